The zero-order valence-electron chi connectivity index (χ0n) is 9.25. The Morgan fingerprint density at radius 2 is 1.67 bits per heavy atom. The van der Waals surface area contributed by atoms with Crippen LogP contribution >= 0.6 is 0 Å². The molecule has 0 aliphatic rings. The fourth-order valence-corrected chi connectivity index (χ4v) is 1.75. The minimum atomic E-state index is -0.333. The molecule has 2 aromatic heterocycles. The summed E-state index contributed by atoms with van der Waals surface area (Å²) in [5.74, 6) is 0.667. The molecule has 0 unspecified atom stereocenters. The van der Waals surface area contributed by atoms with Gasteiger partial charge in [-0.25, -0.2) is 0 Å². The highest BCUT2D eigenvalue weighted by molar-refractivity contribution is 5.77. The van der Waals surface area contributed by atoms with E-state index in [4.69, 9.17) is 8.83 Å². The number of hydrogen-bond acceptors (Lipinski definition) is 4. The van der Waals surface area contributed by atoms with Crippen molar-refractivity contribution in [2.75, 3.05) is 0 Å². The predicted octanol–water partition coefficient (Wildman–Crippen LogP) is 2.41. The molecule has 1 aromatic carbocycles. The van der Waals surface area contributed by atoms with Gasteiger partial charge in [-0.3, -0.25) is 9.59 Å². The molecule has 0 amide bonds. The smallest absolute Gasteiger partial charge is 0.221 e. The van der Waals surface area contributed by atoms with Crippen LogP contribution in [0, 0.1) is 0 Å². The Morgan fingerprint density at radius 1 is 0.833 bits per heavy atom. The molecular formula is C14H8O4. The third kappa shape index (κ3) is 1.64. The van der Waals surface area contributed by atoms with Crippen LogP contribution in [0.2, 0.25) is 0 Å². The van der Waals surface area contributed by atoms with Gasteiger partial charge < -0.3 is 8.83 Å². The molecule has 0 bridgehead atoms. The maximum Gasteiger partial charge on any atom is 0.221 e. The Bertz CT molecular complexity index is 813. The van der Waals surface area contributed by atoms with Crippen molar-refractivity contribution in [3.63, 3.8) is 0 Å². The molecule has 0 N–H and O–H groups in total. The quantitative estimate of drug-likeness (QED) is 0.655. The van der Waals surface area contributed by atoms with Gasteiger partial charge in [0.25, 0.3) is 0 Å². The van der Waals surface area contributed by atoms with Crippen LogP contribution in [-0.2, 0) is 0 Å². The standard InChI is InChI=1S/C14H8O4/c15-10-5-2-1-4-9-11(16)8-13(18-14(9)10)12-6-3-7-17-12/h1-8H. The topological polar surface area (TPSA) is 60.4 Å². The Hall–Kier alpha value is -2.62. The maximum atomic E-state index is 11.9. The SMILES string of the molecule is O=c1cc(-c2ccco2)oc2c(=O)ccccc12. The van der Waals surface area contributed by atoms with Gasteiger partial charge in [0.05, 0.1) is 11.6 Å². The molecular weight excluding hydrogens is 232 g/mol. The summed E-state index contributed by atoms with van der Waals surface area (Å²) >= 11 is 0. The van der Waals surface area contributed by atoms with Gasteiger partial charge in [-0.15, -0.1) is 0 Å². The van der Waals surface area contributed by atoms with Crippen LogP contribution in [-0.4, -0.2) is 0 Å². The molecule has 0 saturated heterocycles. The molecule has 0 spiro atoms. The van der Waals surface area contributed by atoms with E-state index in [0.717, 1.165) is 0 Å². The third-order valence-electron chi connectivity index (χ3n) is 2.59. The van der Waals surface area contributed by atoms with Crippen LogP contribution in [0.1, 0.15) is 0 Å². The molecule has 18 heavy (non-hydrogen) atoms. The molecule has 0 radical (unpaired) electrons. The third-order valence-corrected chi connectivity index (χ3v) is 2.59. The molecule has 3 rings (SSSR count). The zero-order chi connectivity index (χ0) is 12.5. The minimum absolute atomic E-state index is 0.0406. The van der Waals surface area contributed by atoms with E-state index in [1.54, 1.807) is 30.3 Å². The lowest BCUT2D eigenvalue weighted by molar-refractivity contribution is 0.536. The second-order valence-corrected chi connectivity index (χ2v) is 3.78. The normalized spacial score (nSPS) is 10.7. The number of fused-ring (bicyclic) bond motifs is 1. The Balaban J connectivity index is 2.45. The van der Waals surface area contributed by atoms with Crippen molar-refractivity contribution >= 4 is 11.0 Å². The monoisotopic (exact) mass is 240 g/mol. The number of rotatable bonds is 1. The van der Waals surface area contributed by atoms with Gasteiger partial charge in [0.2, 0.25) is 5.43 Å². The van der Waals surface area contributed by atoms with Crippen LogP contribution in [0.25, 0.3) is 22.5 Å². The molecule has 0 atom stereocenters. The van der Waals surface area contributed by atoms with Crippen molar-refractivity contribution in [2.24, 2.45) is 0 Å². The van der Waals surface area contributed by atoms with Gasteiger partial charge >= 0.3 is 0 Å². The summed E-state index contributed by atoms with van der Waals surface area (Å²) in [6, 6.07) is 10.8. The summed E-state index contributed by atoms with van der Waals surface area (Å²) < 4.78 is 10.6. The lowest BCUT2D eigenvalue weighted by atomic mass is 10.2. The first-order chi connectivity index (χ1) is 8.75. The molecule has 0 saturated carbocycles. The van der Waals surface area contributed by atoms with Gasteiger partial charge in [-0.2, -0.15) is 0 Å². The average Bonchev–Trinajstić information content (AvgIpc) is 2.82. The second kappa shape index (κ2) is 4.00. The van der Waals surface area contributed by atoms with E-state index in [9.17, 15) is 9.59 Å². The Morgan fingerprint density at radius 3 is 2.44 bits per heavy atom. The summed E-state index contributed by atoms with van der Waals surface area (Å²) in [4.78, 5) is 23.7. The van der Waals surface area contributed by atoms with Crippen molar-refractivity contribution in [3.8, 4) is 11.5 Å². The van der Waals surface area contributed by atoms with E-state index in [1.807, 2.05) is 0 Å². The predicted molar refractivity (Wildman–Crippen MR) is 66.5 cm³/mol. The molecule has 4 nitrogen and oxygen atoms in total. The summed E-state index contributed by atoms with van der Waals surface area (Å²) in [6.45, 7) is 0. The van der Waals surface area contributed by atoms with E-state index >= 15 is 0 Å². The Kier molecular flexibility index (Phi) is 2.34. The Labute approximate surface area is 101 Å². The highest BCUT2D eigenvalue weighted by atomic mass is 16.4. The summed E-state index contributed by atoms with van der Waals surface area (Å²) in [5, 5.41) is 0.264. The lowest BCUT2D eigenvalue weighted by Gasteiger charge is -1.96. The fourth-order valence-electron chi connectivity index (χ4n) is 1.75. The van der Waals surface area contributed by atoms with Crippen LogP contribution in [0.15, 0.2) is 67.2 Å². The van der Waals surface area contributed by atoms with E-state index in [-0.39, 0.29) is 27.6 Å². The summed E-state index contributed by atoms with van der Waals surface area (Å²) in [6.07, 6.45) is 1.47. The molecule has 2 heterocycles. The largest absolute Gasteiger partial charge is 0.461 e. The lowest BCUT2D eigenvalue weighted by Crippen LogP contribution is -2.04. The maximum absolute atomic E-state index is 11.9. The van der Waals surface area contributed by atoms with Gasteiger partial charge in [0.1, 0.15) is 0 Å². The van der Waals surface area contributed by atoms with Gasteiger partial charge in [0.15, 0.2) is 22.5 Å². The number of furan rings is 1. The van der Waals surface area contributed by atoms with E-state index in [1.165, 1.54) is 18.4 Å². The van der Waals surface area contributed by atoms with Crippen LogP contribution in [0.5, 0.6) is 0 Å². The molecule has 0 aliphatic carbocycles. The van der Waals surface area contributed by atoms with Crippen molar-refractivity contribution < 1.29 is 8.83 Å². The minimum Gasteiger partial charge on any atom is -0.461 e. The molecule has 0 aliphatic heterocycles. The summed E-state index contributed by atoms with van der Waals surface area (Å²) in [5.41, 5.74) is -0.560. The van der Waals surface area contributed by atoms with E-state index < -0.39 is 0 Å². The average molecular weight is 240 g/mol. The van der Waals surface area contributed by atoms with Crippen molar-refractivity contribution in [1.82, 2.24) is 0 Å². The van der Waals surface area contributed by atoms with Crippen LogP contribution < -0.4 is 10.9 Å². The van der Waals surface area contributed by atoms with E-state index in [2.05, 4.69) is 0 Å². The molecule has 3 aromatic rings. The van der Waals surface area contributed by atoms with Gasteiger partial charge in [-0.05, 0) is 24.3 Å². The summed E-state index contributed by atoms with van der Waals surface area (Å²) in [7, 11) is 0. The van der Waals surface area contributed by atoms with Crippen LogP contribution in [0.4, 0.5) is 0 Å². The van der Waals surface area contributed by atoms with Crippen molar-refractivity contribution in [3.05, 3.63) is 69.2 Å². The first kappa shape index (κ1) is 10.5. The highest BCUT2D eigenvalue weighted by Crippen LogP contribution is 2.20. The van der Waals surface area contributed by atoms with E-state index in [0.29, 0.717) is 5.76 Å². The highest BCUT2D eigenvalue weighted by Gasteiger charge is 2.09. The fraction of sp³-hybridized carbons (Fsp3) is 0. The molecule has 88 valence electrons. The first-order valence-corrected chi connectivity index (χ1v) is 5.37. The second-order valence-electron chi connectivity index (χ2n) is 3.78. The van der Waals surface area contributed by atoms with Gasteiger partial charge in [-0.1, -0.05) is 12.1 Å². The van der Waals surface area contributed by atoms with Crippen molar-refractivity contribution in [2.45, 2.75) is 0 Å². The van der Waals surface area contributed by atoms with Gasteiger partial charge in [0, 0.05) is 6.07 Å². The first-order valence-electron chi connectivity index (χ1n) is 5.37. The molecule has 0 fully saturated rings. The van der Waals surface area contributed by atoms with Crippen LogP contribution in [0.3, 0.4) is 0 Å². The number of hydrogen-bond donors (Lipinski definition) is 0. The van der Waals surface area contributed by atoms with Crippen molar-refractivity contribution in [1.29, 1.82) is 0 Å². The molecule has 4 heteroatoms. The zero-order valence-corrected chi connectivity index (χ0v) is 9.25.